The Morgan fingerprint density at radius 2 is 2.44 bits per heavy atom. The predicted octanol–water partition coefficient (Wildman–Crippen LogP) is 1.03. The van der Waals surface area contributed by atoms with Crippen molar-refractivity contribution in [3.8, 4) is 5.75 Å². The second-order valence-corrected chi connectivity index (χ2v) is 4.65. The summed E-state index contributed by atoms with van der Waals surface area (Å²) < 4.78 is 11.3. The van der Waals surface area contributed by atoms with Gasteiger partial charge < -0.3 is 20.1 Å². The molecule has 0 bridgehead atoms. The van der Waals surface area contributed by atoms with Gasteiger partial charge in [0.25, 0.3) is 0 Å². The highest BCUT2D eigenvalue weighted by atomic mass is 16.5. The molecular formula is C13H21N3O2. The van der Waals surface area contributed by atoms with Gasteiger partial charge >= 0.3 is 0 Å². The zero-order chi connectivity index (χ0) is 13.0. The molecule has 5 nitrogen and oxygen atoms in total. The van der Waals surface area contributed by atoms with Crippen LogP contribution in [0.25, 0.3) is 0 Å². The van der Waals surface area contributed by atoms with Gasteiger partial charge in [-0.1, -0.05) is 0 Å². The first-order valence-electron chi connectivity index (χ1n) is 6.38. The molecule has 2 N–H and O–H groups in total. The zero-order valence-electron chi connectivity index (χ0n) is 11.0. The third-order valence-electron chi connectivity index (χ3n) is 2.89. The normalized spacial score (nSPS) is 20.2. The highest BCUT2D eigenvalue weighted by Crippen LogP contribution is 2.28. The van der Waals surface area contributed by atoms with E-state index in [1.807, 2.05) is 26.0 Å². The molecule has 1 atom stereocenters. The Kier molecular flexibility index (Phi) is 4.38. The van der Waals surface area contributed by atoms with Crippen LogP contribution in [0, 0.1) is 0 Å². The van der Waals surface area contributed by atoms with Gasteiger partial charge in [0.1, 0.15) is 0 Å². The van der Waals surface area contributed by atoms with Gasteiger partial charge in [-0.3, -0.25) is 0 Å². The molecule has 0 aliphatic carbocycles. The third kappa shape index (κ3) is 2.91. The Morgan fingerprint density at radius 1 is 1.61 bits per heavy atom. The summed E-state index contributed by atoms with van der Waals surface area (Å²) in [4.78, 5) is 6.63. The number of nitrogens with two attached hydrogens (primary N) is 1. The Morgan fingerprint density at radius 3 is 3.17 bits per heavy atom. The minimum Gasteiger partial charge on any atom is -0.487 e. The third-order valence-corrected chi connectivity index (χ3v) is 2.89. The van der Waals surface area contributed by atoms with Crippen molar-refractivity contribution in [2.24, 2.45) is 5.73 Å². The molecule has 0 saturated carbocycles. The lowest BCUT2D eigenvalue weighted by Gasteiger charge is -2.36. The molecule has 1 saturated heterocycles. The molecular weight excluding hydrogens is 230 g/mol. The van der Waals surface area contributed by atoms with Crippen molar-refractivity contribution in [2.75, 3.05) is 31.2 Å². The first kappa shape index (κ1) is 13.1. The molecule has 0 radical (unpaired) electrons. The van der Waals surface area contributed by atoms with Crippen LogP contribution >= 0.6 is 0 Å². The SMILES string of the molecule is CC(C)Oc1cccnc1N1CCOCC1CN. The van der Waals surface area contributed by atoms with E-state index in [4.69, 9.17) is 15.2 Å². The summed E-state index contributed by atoms with van der Waals surface area (Å²) in [7, 11) is 0. The lowest BCUT2D eigenvalue weighted by atomic mass is 10.2. The maximum Gasteiger partial charge on any atom is 0.171 e. The Labute approximate surface area is 108 Å². The molecule has 1 unspecified atom stereocenters. The van der Waals surface area contributed by atoms with Crippen molar-refractivity contribution in [2.45, 2.75) is 26.0 Å². The van der Waals surface area contributed by atoms with Gasteiger partial charge in [-0.2, -0.15) is 0 Å². The van der Waals surface area contributed by atoms with Crippen molar-refractivity contribution in [1.29, 1.82) is 0 Å². The van der Waals surface area contributed by atoms with E-state index in [0.717, 1.165) is 18.1 Å². The van der Waals surface area contributed by atoms with Crippen molar-refractivity contribution >= 4 is 5.82 Å². The van der Waals surface area contributed by atoms with E-state index < -0.39 is 0 Å². The first-order valence-corrected chi connectivity index (χ1v) is 6.38. The minimum absolute atomic E-state index is 0.130. The van der Waals surface area contributed by atoms with E-state index >= 15 is 0 Å². The highest BCUT2D eigenvalue weighted by molar-refractivity contribution is 5.53. The summed E-state index contributed by atoms with van der Waals surface area (Å²) in [6.45, 7) is 6.72. The molecule has 18 heavy (non-hydrogen) atoms. The number of hydrogen-bond acceptors (Lipinski definition) is 5. The second kappa shape index (κ2) is 6.02. The lowest BCUT2D eigenvalue weighted by Crippen LogP contribution is -2.50. The second-order valence-electron chi connectivity index (χ2n) is 4.65. The van der Waals surface area contributed by atoms with E-state index in [1.165, 1.54) is 0 Å². The van der Waals surface area contributed by atoms with E-state index in [9.17, 15) is 0 Å². The average molecular weight is 251 g/mol. The topological polar surface area (TPSA) is 60.6 Å². The molecule has 2 heterocycles. The van der Waals surface area contributed by atoms with Crippen LogP contribution < -0.4 is 15.4 Å². The van der Waals surface area contributed by atoms with Crippen molar-refractivity contribution in [3.63, 3.8) is 0 Å². The number of anilines is 1. The van der Waals surface area contributed by atoms with E-state index in [1.54, 1.807) is 6.20 Å². The number of aromatic nitrogens is 1. The van der Waals surface area contributed by atoms with Gasteiger partial charge in [0.2, 0.25) is 0 Å². The number of hydrogen-bond donors (Lipinski definition) is 1. The highest BCUT2D eigenvalue weighted by Gasteiger charge is 2.25. The number of nitrogens with zero attached hydrogens (tertiary/aromatic N) is 2. The van der Waals surface area contributed by atoms with Gasteiger partial charge in [-0.15, -0.1) is 0 Å². The van der Waals surface area contributed by atoms with E-state index in [-0.39, 0.29) is 12.1 Å². The lowest BCUT2D eigenvalue weighted by molar-refractivity contribution is 0.0952. The molecule has 2 rings (SSSR count). The maximum absolute atomic E-state index is 5.81. The van der Waals surface area contributed by atoms with Crippen molar-refractivity contribution < 1.29 is 9.47 Å². The number of morpholine rings is 1. The molecule has 1 aromatic heterocycles. The smallest absolute Gasteiger partial charge is 0.171 e. The van der Waals surface area contributed by atoms with E-state index in [0.29, 0.717) is 19.8 Å². The van der Waals surface area contributed by atoms with Crippen LogP contribution in [-0.2, 0) is 4.74 Å². The van der Waals surface area contributed by atoms with Gasteiger partial charge in [-0.05, 0) is 26.0 Å². The Bertz CT molecular complexity index is 384. The van der Waals surface area contributed by atoms with Crippen LogP contribution in [-0.4, -0.2) is 43.4 Å². The van der Waals surface area contributed by atoms with Crippen LogP contribution in [0.1, 0.15) is 13.8 Å². The molecule has 0 amide bonds. The van der Waals surface area contributed by atoms with Crippen molar-refractivity contribution in [3.05, 3.63) is 18.3 Å². The van der Waals surface area contributed by atoms with Crippen LogP contribution in [0.4, 0.5) is 5.82 Å². The predicted molar refractivity (Wildman–Crippen MR) is 71.0 cm³/mol. The Balaban J connectivity index is 2.24. The summed E-state index contributed by atoms with van der Waals surface area (Å²) >= 11 is 0. The fourth-order valence-electron chi connectivity index (χ4n) is 2.07. The molecule has 100 valence electrons. The first-order chi connectivity index (χ1) is 8.72. The summed E-state index contributed by atoms with van der Waals surface area (Å²) in [6, 6.07) is 4.01. The van der Waals surface area contributed by atoms with Gasteiger partial charge in [0.15, 0.2) is 11.6 Å². The van der Waals surface area contributed by atoms with Crippen LogP contribution in [0.15, 0.2) is 18.3 Å². The minimum atomic E-state index is 0.130. The van der Waals surface area contributed by atoms with Crippen LogP contribution in [0.5, 0.6) is 5.75 Å². The number of pyridine rings is 1. The summed E-state index contributed by atoms with van der Waals surface area (Å²) in [5, 5.41) is 0. The van der Waals surface area contributed by atoms with Crippen LogP contribution in [0.2, 0.25) is 0 Å². The van der Waals surface area contributed by atoms with E-state index in [2.05, 4.69) is 9.88 Å². The summed E-state index contributed by atoms with van der Waals surface area (Å²) in [6.07, 6.45) is 1.91. The quantitative estimate of drug-likeness (QED) is 0.866. The molecule has 1 fully saturated rings. The van der Waals surface area contributed by atoms with Gasteiger partial charge in [0.05, 0.1) is 25.4 Å². The molecule has 1 aliphatic heterocycles. The average Bonchev–Trinajstić information content (AvgIpc) is 2.39. The van der Waals surface area contributed by atoms with Crippen molar-refractivity contribution in [1.82, 2.24) is 4.98 Å². The molecule has 5 heteroatoms. The molecule has 0 aromatic carbocycles. The van der Waals surface area contributed by atoms with Gasteiger partial charge in [-0.25, -0.2) is 4.98 Å². The monoisotopic (exact) mass is 251 g/mol. The zero-order valence-corrected chi connectivity index (χ0v) is 11.0. The number of rotatable bonds is 4. The molecule has 0 spiro atoms. The summed E-state index contributed by atoms with van der Waals surface area (Å²) in [5.41, 5.74) is 5.79. The Hall–Kier alpha value is -1.33. The standard InChI is InChI=1S/C13H21N3O2/c1-10(2)18-12-4-3-5-15-13(12)16-6-7-17-9-11(16)8-14/h3-5,10-11H,6-9,14H2,1-2H3. The molecule has 1 aromatic rings. The molecule has 1 aliphatic rings. The summed E-state index contributed by atoms with van der Waals surface area (Å²) in [5.74, 6) is 1.68. The fourth-order valence-corrected chi connectivity index (χ4v) is 2.07. The number of ether oxygens (including phenoxy) is 2. The van der Waals surface area contributed by atoms with Crippen LogP contribution in [0.3, 0.4) is 0 Å². The largest absolute Gasteiger partial charge is 0.487 e. The van der Waals surface area contributed by atoms with Gasteiger partial charge in [0, 0.05) is 19.3 Å². The maximum atomic E-state index is 5.81. The fraction of sp³-hybridized carbons (Fsp3) is 0.615.